The van der Waals surface area contributed by atoms with E-state index in [0.717, 1.165) is 18.7 Å². The average molecular weight is 345 g/mol. The lowest BCUT2D eigenvalue weighted by molar-refractivity contribution is -0.122. The number of nitrogens with one attached hydrogen (secondary N) is 2. The van der Waals surface area contributed by atoms with Crippen molar-refractivity contribution in [2.24, 2.45) is 5.73 Å². The fourth-order valence-electron chi connectivity index (χ4n) is 3.04. The highest BCUT2D eigenvalue weighted by atomic mass is 32.2. The molecule has 0 aromatic rings. The van der Waals surface area contributed by atoms with Crippen LogP contribution in [0.3, 0.4) is 0 Å². The fraction of sp³-hybridized carbons (Fsp3) is 0.875. The van der Waals surface area contributed by atoms with E-state index in [1.165, 1.54) is 32.1 Å². The van der Waals surface area contributed by atoms with Gasteiger partial charge >= 0.3 is 6.03 Å². The molecule has 134 valence electrons. The van der Waals surface area contributed by atoms with Crippen molar-refractivity contribution < 1.29 is 9.59 Å². The summed E-state index contributed by atoms with van der Waals surface area (Å²) in [5, 5.41) is 5.43. The highest BCUT2D eigenvalue weighted by Gasteiger charge is 2.20. The number of carbonyl (C=O) groups is 2. The van der Waals surface area contributed by atoms with Crippen LogP contribution in [0.4, 0.5) is 4.79 Å². The van der Waals surface area contributed by atoms with E-state index in [2.05, 4.69) is 22.6 Å². The van der Waals surface area contributed by atoms with Crippen LogP contribution in [-0.4, -0.2) is 61.1 Å². The van der Waals surface area contributed by atoms with Crippen LogP contribution in [-0.2, 0) is 4.79 Å². The second kappa shape index (κ2) is 11.6. The first-order valence-electron chi connectivity index (χ1n) is 8.57. The van der Waals surface area contributed by atoms with E-state index < -0.39 is 12.1 Å². The Bertz CT molecular complexity index is 362. The molecule has 0 radical (unpaired) electrons. The van der Waals surface area contributed by atoms with Crippen molar-refractivity contribution in [2.75, 3.05) is 32.1 Å². The molecular formula is C16H32N4O2S. The van der Waals surface area contributed by atoms with Crippen molar-refractivity contribution in [2.45, 2.75) is 57.0 Å². The molecule has 6 nitrogen and oxygen atoms in total. The van der Waals surface area contributed by atoms with Crippen molar-refractivity contribution in [1.29, 1.82) is 0 Å². The Morgan fingerprint density at radius 2 is 2.00 bits per heavy atom. The number of rotatable bonds is 10. The fourth-order valence-corrected chi connectivity index (χ4v) is 3.52. The summed E-state index contributed by atoms with van der Waals surface area (Å²) in [7, 11) is 2.17. The smallest absolute Gasteiger partial charge is 0.312 e. The summed E-state index contributed by atoms with van der Waals surface area (Å²) in [5.74, 6) is 0.668. The number of primary amides is 1. The molecule has 1 rings (SSSR count). The molecule has 4 N–H and O–H groups in total. The van der Waals surface area contributed by atoms with Gasteiger partial charge < -0.3 is 21.3 Å². The van der Waals surface area contributed by atoms with E-state index in [1.54, 1.807) is 11.8 Å². The molecule has 0 aromatic carbocycles. The number of nitrogens with two attached hydrogens (primary N) is 1. The Hall–Kier alpha value is -0.950. The molecule has 0 bridgehead atoms. The normalized spacial score (nSPS) is 17.0. The van der Waals surface area contributed by atoms with Gasteiger partial charge in [-0.2, -0.15) is 11.8 Å². The van der Waals surface area contributed by atoms with E-state index in [9.17, 15) is 9.59 Å². The summed E-state index contributed by atoms with van der Waals surface area (Å²) in [6.45, 7) is 1.62. The Balaban J connectivity index is 2.23. The van der Waals surface area contributed by atoms with Crippen LogP contribution in [0.2, 0.25) is 0 Å². The number of hydrogen-bond acceptors (Lipinski definition) is 4. The number of nitrogens with zero attached hydrogens (tertiary/aromatic N) is 1. The standard InChI is InChI=1S/C16H32N4O2S/c1-20(13-7-4-3-5-8-13)11-6-10-18-15(21)14(9-12-23-2)19-16(17)22/h13-14H,3-12H2,1-2H3,(H,18,21)(H3,17,19,22). The Morgan fingerprint density at radius 1 is 1.30 bits per heavy atom. The summed E-state index contributed by atoms with van der Waals surface area (Å²) in [6.07, 6.45) is 10.1. The first kappa shape index (κ1) is 20.1. The van der Waals surface area contributed by atoms with Gasteiger partial charge in [0.15, 0.2) is 0 Å². The summed E-state index contributed by atoms with van der Waals surface area (Å²) in [5.41, 5.74) is 5.14. The second-order valence-corrected chi connectivity index (χ2v) is 7.25. The SMILES string of the molecule is CSCCC(NC(N)=O)C(=O)NCCCN(C)C1CCCCC1. The molecule has 0 spiro atoms. The minimum absolute atomic E-state index is 0.141. The lowest BCUT2D eigenvalue weighted by atomic mass is 9.94. The first-order valence-corrected chi connectivity index (χ1v) is 9.96. The molecule has 0 heterocycles. The third-order valence-electron chi connectivity index (χ3n) is 4.43. The zero-order valence-corrected chi connectivity index (χ0v) is 15.3. The highest BCUT2D eigenvalue weighted by molar-refractivity contribution is 7.98. The average Bonchev–Trinajstić information content (AvgIpc) is 2.55. The van der Waals surface area contributed by atoms with Crippen LogP contribution in [0, 0.1) is 0 Å². The molecule has 0 aromatic heterocycles. The number of thioether (sulfide) groups is 1. The van der Waals surface area contributed by atoms with Gasteiger partial charge in [0.25, 0.3) is 0 Å². The van der Waals surface area contributed by atoms with Crippen LogP contribution in [0.1, 0.15) is 44.9 Å². The van der Waals surface area contributed by atoms with E-state index in [4.69, 9.17) is 5.73 Å². The largest absolute Gasteiger partial charge is 0.354 e. The first-order chi connectivity index (χ1) is 11.0. The van der Waals surface area contributed by atoms with Crippen LogP contribution in [0.25, 0.3) is 0 Å². The van der Waals surface area contributed by atoms with Crippen molar-refractivity contribution >= 4 is 23.7 Å². The van der Waals surface area contributed by atoms with Crippen molar-refractivity contribution in [3.63, 3.8) is 0 Å². The van der Waals surface area contributed by atoms with E-state index in [0.29, 0.717) is 19.0 Å². The van der Waals surface area contributed by atoms with E-state index in [-0.39, 0.29) is 5.91 Å². The summed E-state index contributed by atoms with van der Waals surface area (Å²) < 4.78 is 0. The number of carbonyl (C=O) groups excluding carboxylic acids is 2. The Kier molecular flexibility index (Phi) is 10.1. The zero-order chi connectivity index (χ0) is 17.1. The van der Waals surface area contributed by atoms with Gasteiger partial charge in [0.1, 0.15) is 6.04 Å². The lowest BCUT2D eigenvalue weighted by Crippen LogP contribution is -2.49. The van der Waals surface area contributed by atoms with Gasteiger partial charge in [0, 0.05) is 12.6 Å². The van der Waals surface area contributed by atoms with Gasteiger partial charge in [0.05, 0.1) is 0 Å². The molecule has 1 aliphatic carbocycles. The van der Waals surface area contributed by atoms with Crippen molar-refractivity contribution in [3.05, 3.63) is 0 Å². The molecule has 7 heteroatoms. The number of amides is 3. The molecule has 1 atom stereocenters. The quantitative estimate of drug-likeness (QED) is 0.525. The van der Waals surface area contributed by atoms with Crippen molar-refractivity contribution in [3.8, 4) is 0 Å². The molecule has 1 aliphatic rings. The molecule has 23 heavy (non-hydrogen) atoms. The summed E-state index contributed by atoms with van der Waals surface area (Å²) in [4.78, 5) is 25.5. The maximum Gasteiger partial charge on any atom is 0.312 e. The van der Waals surface area contributed by atoms with Gasteiger partial charge in [-0.05, 0) is 51.3 Å². The topological polar surface area (TPSA) is 87.5 Å². The van der Waals surface area contributed by atoms with Crippen LogP contribution < -0.4 is 16.4 Å². The highest BCUT2D eigenvalue weighted by Crippen LogP contribution is 2.21. The number of urea groups is 1. The minimum Gasteiger partial charge on any atom is -0.354 e. The lowest BCUT2D eigenvalue weighted by Gasteiger charge is -2.31. The monoisotopic (exact) mass is 344 g/mol. The summed E-state index contributed by atoms with van der Waals surface area (Å²) in [6, 6.07) is -0.482. The van der Waals surface area contributed by atoms with Gasteiger partial charge in [-0.15, -0.1) is 0 Å². The van der Waals surface area contributed by atoms with Crippen LogP contribution >= 0.6 is 11.8 Å². The predicted octanol–water partition coefficient (Wildman–Crippen LogP) is 1.55. The van der Waals surface area contributed by atoms with E-state index >= 15 is 0 Å². The zero-order valence-electron chi connectivity index (χ0n) is 14.5. The molecule has 0 aliphatic heterocycles. The maximum absolute atomic E-state index is 12.1. The molecule has 1 fully saturated rings. The van der Waals surface area contributed by atoms with Gasteiger partial charge in [-0.1, -0.05) is 19.3 Å². The third kappa shape index (κ3) is 8.46. The number of hydrogen-bond donors (Lipinski definition) is 3. The summed E-state index contributed by atoms with van der Waals surface area (Å²) >= 11 is 1.64. The maximum atomic E-state index is 12.1. The Morgan fingerprint density at radius 3 is 2.61 bits per heavy atom. The van der Waals surface area contributed by atoms with Gasteiger partial charge in [0.2, 0.25) is 5.91 Å². The van der Waals surface area contributed by atoms with Gasteiger partial charge in [-0.3, -0.25) is 4.79 Å². The molecule has 0 saturated heterocycles. The van der Waals surface area contributed by atoms with Gasteiger partial charge in [-0.25, -0.2) is 4.79 Å². The molecule has 3 amide bonds. The second-order valence-electron chi connectivity index (χ2n) is 6.26. The minimum atomic E-state index is -0.650. The molecule has 1 saturated carbocycles. The van der Waals surface area contributed by atoms with Crippen LogP contribution in [0.15, 0.2) is 0 Å². The van der Waals surface area contributed by atoms with Crippen molar-refractivity contribution in [1.82, 2.24) is 15.5 Å². The molecule has 1 unspecified atom stereocenters. The Labute approximate surface area is 144 Å². The van der Waals surface area contributed by atoms with Crippen LogP contribution in [0.5, 0.6) is 0 Å². The molecular weight excluding hydrogens is 312 g/mol. The predicted molar refractivity (Wildman–Crippen MR) is 96.6 cm³/mol. The van der Waals surface area contributed by atoms with E-state index in [1.807, 2.05) is 6.26 Å². The third-order valence-corrected chi connectivity index (χ3v) is 5.07.